The van der Waals surface area contributed by atoms with E-state index in [1.54, 1.807) is 0 Å². The maximum atomic E-state index is 12.1. The predicted molar refractivity (Wildman–Crippen MR) is 96.2 cm³/mol. The van der Waals surface area contributed by atoms with E-state index in [0.29, 0.717) is 17.2 Å². The molecule has 2 aromatic carbocycles. The molecule has 4 heteroatoms. The van der Waals surface area contributed by atoms with Gasteiger partial charge in [0.25, 0.3) is 0 Å². The van der Waals surface area contributed by atoms with E-state index >= 15 is 0 Å². The van der Waals surface area contributed by atoms with Crippen molar-refractivity contribution in [1.82, 2.24) is 5.43 Å². The van der Waals surface area contributed by atoms with Gasteiger partial charge in [0.1, 0.15) is 0 Å². The first kappa shape index (κ1) is 17.2. The summed E-state index contributed by atoms with van der Waals surface area (Å²) in [6, 6.07) is 11.8. The van der Waals surface area contributed by atoms with Crippen molar-refractivity contribution in [1.29, 1.82) is 0 Å². The van der Waals surface area contributed by atoms with Gasteiger partial charge in [0.15, 0.2) is 0 Å². The van der Waals surface area contributed by atoms with Crippen LogP contribution in [0.2, 0.25) is 5.02 Å². The van der Waals surface area contributed by atoms with Gasteiger partial charge in [0.05, 0.1) is 12.1 Å². The second-order valence-corrected chi connectivity index (χ2v) is 6.23. The number of amides is 1. The summed E-state index contributed by atoms with van der Waals surface area (Å²) >= 11 is 6.18. The van der Waals surface area contributed by atoms with Crippen molar-refractivity contribution in [3.63, 3.8) is 0 Å². The van der Waals surface area contributed by atoms with Crippen molar-refractivity contribution in [2.75, 3.05) is 0 Å². The molecule has 3 nitrogen and oxygen atoms in total. The lowest BCUT2D eigenvalue weighted by atomic mass is 10.0. The zero-order valence-corrected chi connectivity index (χ0v) is 14.7. The molecule has 0 bridgehead atoms. The number of nitrogens with zero attached hydrogens (tertiary/aromatic N) is 1. The fourth-order valence-corrected chi connectivity index (χ4v) is 2.63. The number of hydrogen-bond acceptors (Lipinski definition) is 2. The lowest BCUT2D eigenvalue weighted by Crippen LogP contribution is -2.21. The maximum absolute atomic E-state index is 12.1. The highest BCUT2D eigenvalue weighted by Crippen LogP contribution is 2.18. The summed E-state index contributed by atoms with van der Waals surface area (Å²) in [5.41, 5.74) is 8.54. The first-order chi connectivity index (χ1) is 10.9. The molecule has 0 fully saturated rings. The number of hydrogen-bond donors (Lipinski definition) is 1. The number of nitrogens with one attached hydrogen (secondary N) is 1. The molecule has 1 N–H and O–H groups in total. The van der Waals surface area contributed by atoms with Gasteiger partial charge in [0.2, 0.25) is 5.91 Å². The van der Waals surface area contributed by atoms with Gasteiger partial charge in [-0.1, -0.05) is 47.0 Å². The average Bonchev–Trinajstić information content (AvgIpc) is 2.50. The molecule has 2 aromatic rings. The van der Waals surface area contributed by atoms with Gasteiger partial charge in [-0.3, -0.25) is 4.79 Å². The van der Waals surface area contributed by atoms with Crippen LogP contribution in [0.3, 0.4) is 0 Å². The largest absolute Gasteiger partial charge is 0.273 e. The summed E-state index contributed by atoms with van der Waals surface area (Å²) in [7, 11) is 0. The van der Waals surface area contributed by atoms with Crippen molar-refractivity contribution >= 4 is 23.2 Å². The standard InChI is InChI=1S/C19H21ClN2O/c1-12-5-7-16(14(3)9-12)11-19(23)22-21-15(4)17-10-13(2)6-8-18(17)20/h5-10H,11H2,1-4H3,(H,22,23)/b21-15-. The minimum atomic E-state index is -0.139. The first-order valence-electron chi connectivity index (χ1n) is 7.52. The normalized spacial score (nSPS) is 11.4. The van der Waals surface area contributed by atoms with Gasteiger partial charge in [0, 0.05) is 10.6 Å². The minimum Gasteiger partial charge on any atom is -0.273 e. The zero-order chi connectivity index (χ0) is 17.0. The van der Waals surface area contributed by atoms with Crippen LogP contribution in [0.5, 0.6) is 0 Å². The number of aryl methyl sites for hydroxylation is 3. The monoisotopic (exact) mass is 328 g/mol. The maximum Gasteiger partial charge on any atom is 0.244 e. The third kappa shape index (κ3) is 4.67. The zero-order valence-electron chi connectivity index (χ0n) is 13.9. The second kappa shape index (κ2) is 7.42. The van der Waals surface area contributed by atoms with E-state index in [1.807, 2.05) is 58.0 Å². The van der Waals surface area contributed by atoms with Gasteiger partial charge < -0.3 is 0 Å². The number of hydrazone groups is 1. The van der Waals surface area contributed by atoms with E-state index in [0.717, 1.165) is 22.3 Å². The first-order valence-corrected chi connectivity index (χ1v) is 7.90. The van der Waals surface area contributed by atoms with Crippen LogP contribution in [0.25, 0.3) is 0 Å². The van der Waals surface area contributed by atoms with Gasteiger partial charge in [-0.05, 0) is 51.0 Å². The Morgan fingerprint density at radius 3 is 2.43 bits per heavy atom. The van der Waals surface area contributed by atoms with Crippen LogP contribution in [0.4, 0.5) is 0 Å². The van der Waals surface area contributed by atoms with Crippen molar-refractivity contribution in [3.8, 4) is 0 Å². The molecular weight excluding hydrogens is 308 g/mol. The van der Waals surface area contributed by atoms with Crippen molar-refractivity contribution in [2.24, 2.45) is 5.10 Å². The molecule has 0 unspecified atom stereocenters. The Hall–Kier alpha value is -2.13. The summed E-state index contributed by atoms with van der Waals surface area (Å²) in [4.78, 5) is 12.1. The number of carbonyl (C=O) groups is 1. The molecule has 2 rings (SSSR count). The summed E-state index contributed by atoms with van der Waals surface area (Å²) in [5, 5.41) is 4.80. The fourth-order valence-electron chi connectivity index (χ4n) is 2.38. The Morgan fingerprint density at radius 2 is 1.74 bits per heavy atom. The van der Waals surface area contributed by atoms with Crippen LogP contribution in [-0.2, 0) is 11.2 Å². The van der Waals surface area contributed by atoms with Crippen LogP contribution in [0.15, 0.2) is 41.5 Å². The summed E-state index contributed by atoms with van der Waals surface area (Å²) in [6.45, 7) is 7.87. The highest BCUT2D eigenvalue weighted by Gasteiger charge is 2.07. The fraction of sp³-hybridized carbons (Fsp3) is 0.263. The molecule has 0 aromatic heterocycles. The Morgan fingerprint density at radius 1 is 1.09 bits per heavy atom. The van der Waals surface area contributed by atoms with Crippen LogP contribution < -0.4 is 5.43 Å². The van der Waals surface area contributed by atoms with E-state index in [9.17, 15) is 4.79 Å². The molecule has 0 radical (unpaired) electrons. The second-order valence-electron chi connectivity index (χ2n) is 5.82. The van der Waals surface area contributed by atoms with Crippen molar-refractivity contribution in [2.45, 2.75) is 34.1 Å². The highest BCUT2D eigenvalue weighted by molar-refractivity contribution is 6.34. The minimum absolute atomic E-state index is 0.139. The summed E-state index contributed by atoms with van der Waals surface area (Å²) in [5.74, 6) is -0.139. The molecule has 23 heavy (non-hydrogen) atoms. The van der Waals surface area contributed by atoms with E-state index in [2.05, 4.69) is 16.6 Å². The molecule has 0 aliphatic rings. The van der Waals surface area contributed by atoms with Crippen LogP contribution in [0.1, 0.15) is 34.7 Å². The molecule has 0 saturated heterocycles. The van der Waals surface area contributed by atoms with Gasteiger partial charge >= 0.3 is 0 Å². The van der Waals surface area contributed by atoms with Gasteiger partial charge in [-0.15, -0.1) is 0 Å². The molecule has 1 amide bonds. The quantitative estimate of drug-likeness (QED) is 0.658. The number of rotatable bonds is 4. The van der Waals surface area contributed by atoms with Crippen LogP contribution in [-0.4, -0.2) is 11.6 Å². The van der Waals surface area contributed by atoms with Gasteiger partial charge in [-0.2, -0.15) is 5.10 Å². The Bertz CT molecular complexity index is 766. The SMILES string of the molecule is C/C(=N/NC(=O)Cc1ccc(C)cc1C)c1cc(C)ccc1Cl. The third-order valence-electron chi connectivity index (χ3n) is 3.71. The molecule has 0 atom stereocenters. The van der Waals surface area contributed by atoms with Crippen LogP contribution >= 0.6 is 11.6 Å². The summed E-state index contributed by atoms with van der Waals surface area (Å²) in [6.07, 6.45) is 0.310. The lowest BCUT2D eigenvalue weighted by molar-refractivity contribution is -0.120. The third-order valence-corrected chi connectivity index (χ3v) is 4.04. The molecule has 0 heterocycles. The van der Waals surface area contributed by atoms with E-state index in [1.165, 1.54) is 5.56 Å². The molecule has 120 valence electrons. The average molecular weight is 329 g/mol. The smallest absolute Gasteiger partial charge is 0.244 e. The summed E-state index contributed by atoms with van der Waals surface area (Å²) < 4.78 is 0. The molecule has 0 aliphatic carbocycles. The van der Waals surface area contributed by atoms with Gasteiger partial charge in [-0.25, -0.2) is 5.43 Å². The number of benzene rings is 2. The predicted octanol–water partition coefficient (Wildman–Crippen LogP) is 4.35. The lowest BCUT2D eigenvalue weighted by Gasteiger charge is -2.08. The molecule has 0 aliphatic heterocycles. The Kier molecular flexibility index (Phi) is 5.56. The van der Waals surface area contributed by atoms with E-state index in [4.69, 9.17) is 11.6 Å². The molecule has 0 saturated carbocycles. The van der Waals surface area contributed by atoms with Crippen molar-refractivity contribution in [3.05, 3.63) is 69.2 Å². The topological polar surface area (TPSA) is 41.5 Å². The highest BCUT2D eigenvalue weighted by atomic mass is 35.5. The Labute approximate surface area is 142 Å². The van der Waals surface area contributed by atoms with E-state index in [-0.39, 0.29) is 5.91 Å². The molecular formula is C19H21ClN2O. The molecule has 0 spiro atoms. The number of carbonyl (C=O) groups excluding carboxylic acids is 1. The van der Waals surface area contributed by atoms with Crippen LogP contribution in [0, 0.1) is 20.8 Å². The van der Waals surface area contributed by atoms with Crippen molar-refractivity contribution < 1.29 is 4.79 Å². The van der Waals surface area contributed by atoms with E-state index < -0.39 is 0 Å². The number of halogens is 1. The Balaban J connectivity index is 2.06.